The van der Waals surface area contributed by atoms with E-state index in [4.69, 9.17) is 10.5 Å². The Morgan fingerprint density at radius 2 is 2.29 bits per heavy atom. The van der Waals surface area contributed by atoms with Crippen LogP contribution in [0.1, 0.15) is 26.7 Å². The zero-order valence-electron chi connectivity index (χ0n) is 9.13. The molecule has 0 aliphatic carbocycles. The number of ether oxygens (including phenoxy) is 1. The summed E-state index contributed by atoms with van der Waals surface area (Å²) in [7, 11) is 1.43. The molecule has 1 fully saturated rings. The third kappa shape index (κ3) is 2.23. The topological polar surface area (TPSA) is 52.3 Å². The van der Waals surface area contributed by atoms with E-state index in [1.165, 1.54) is 7.11 Å². The highest BCUT2D eigenvalue weighted by Crippen LogP contribution is 2.46. The lowest BCUT2D eigenvalue weighted by Gasteiger charge is -2.40. The maximum atomic E-state index is 11.3. The fraction of sp³-hybridized carbons (Fsp3) is 0.900. The van der Waals surface area contributed by atoms with Crippen LogP contribution in [0.4, 0.5) is 0 Å². The number of esters is 1. The van der Waals surface area contributed by atoms with E-state index < -0.39 is 0 Å². The molecule has 4 heteroatoms. The quantitative estimate of drug-likeness (QED) is 0.726. The van der Waals surface area contributed by atoms with Gasteiger partial charge in [-0.05, 0) is 26.0 Å². The summed E-state index contributed by atoms with van der Waals surface area (Å²) in [6.07, 6.45) is 1.45. The second kappa shape index (κ2) is 4.11. The number of hydrogen-bond acceptors (Lipinski definition) is 4. The van der Waals surface area contributed by atoms with E-state index in [2.05, 4.69) is 0 Å². The van der Waals surface area contributed by atoms with Crippen molar-refractivity contribution in [1.82, 2.24) is 0 Å². The van der Waals surface area contributed by atoms with Crippen molar-refractivity contribution in [2.45, 2.75) is 32.2 Å². The minimum atomic E-state index is -0.315. The van der Waals surface area contributed by atoms with Crippen LogP contribution in [0.5, 0.6) is 0 Å². The van der Waals surface area contributed by atoms with E-state index in [0.29, 0.717) is 6.42 Å². The van der Waals surface area contributed by atoms with Crippen molar-refractivity contribution < 1.29 is 9.53 Å². The van der Waals surface area contributed by atoms with Crippen LogP contribution in [0.25, 0.3) is 0 Å². The van der Waals surface area contributed by atoms with Crippen LogP contribution in [-0.4, -0.2) is 30.1 Å². The molecule has 1 rings (SSSR count). The summed E-state index contributed by atoms with van der Waals surface area (Å²) in [5.74, 6) is 1.91. The number of carbonyl (C=O) groups is 1. The largest absolute Gasteiger partial charge is 0.469 e. The summed E-state index contributed by atoms with van der Waals surface area (Å²) in [6, 6.07) is 0. The summed E-state index contributed by atoms with van der Waals surface area (Å²) >= 11 is 1.87. The standard InChI is InChI=1S/C10H19NO2S/c1-9(2,11)10(4-5-14-7-10)6-8(12)13-3/h4-7,11H2,1-3H3. The molecule has 0 aromatic carbocycles. The van der Waals surface area contributed by atoms with Gasteiger partial charge in [-0.3, -0.25) is 4.79 Å². The molecule has 0 aromatic rings. The second-order valence-electron chi connectivity index (χ2n) is 4.56. The highest BCUT2D eigenvalue weighted by atomic mass is 32.2. The predicted octanol–water partition coefficient (Wildman–Crippen LogP) is 1.41. The maximum absolute atomic E-state index is 11.3. The molecule has 1 unspecified atom stereocenters. The smallest absolute Gasteiger partial charge is 0.306 e. The molecule has 3 nitrogen and oxygen atoms in total. The lowest BCUT2D eigenvalue weighted by atomic mass is 9.69. The molecule has 0 amide bonds. The van der Waals surface area contributed by atoms with Crippen LogP contribution < -0.4 is 5.73 Å². The first kappa shape index (κ1) is 11.9. The van der Waals surface area contributed by atoms with Crippen molar-refractivity contribution in [2.75, 3.05) is 18.6 Å². The third-order valence-corrected chi connectivity index (χ3v) is 4.43. The Kier molecular flexibility index (Phi) is 3.48. The molecular weight excluding hydrogens is 198 g/mol. The van der Waals surface area contributed by atoms with Gasteiger partial charge < -0.3 is 10.5 Å². The molecule has 1 saturated heterocycles. The van der Waals surface area contributed by atoms with Crippen molar-refractivity contribution in [3.63, 3.8) is 0 Å². The molecule has 1 aliphatic heterocycles. The molecular formula is C10H19NO2S. The molecule has 1 atom stereocenters. The van der Waals surface area contributed by atoms with E-state index in [-0.39, 0.29) is 16.9 Å². The van der Waals surface area contributed by atoms with Crippen LogP contribution in [0, 0.1) is 5.41 Å². The molecule has 2 N–H and O–H groups in total. The monoisotopic (exact) mass is 217 g/mol. The Morgan fingerprint density at radius 3 is 2.64 bits per heavy atom. The van der Waals surface area contributed by atoms with Crippen molar-refractivity contribution in [1.29, 1.82) is 0 Å². The number of nitrogens with two attached hydrogens (primary N) is 1. The number of hydrogen-bond donors (Lipinski definition) is 1. The van der Waals surface area contributed by atoms with Gasteiger partial charge in [0.15, 0.2) is 0 Å². The molecule has 1 aliphatic rings. The molecule has 0 spiro atoms. The minimum absolute atomic E-state index is 0.0786. The van der Waals surface area contributed by atoms with E-state index >= 15 is 0 Å². The van der Waals surface area contributed by atoms with E-state index in [1.54, 1.807) is 0 Å². The average Bonchev–Trinajstić information content (AvgIpc) is 2.52. The Balaban J connectivity index is 2.77. The fourth-order valence-corrected chi connectivity index (χ4v) is 3.52. The van der Waals surface area contributed by atoms with Crippen LogP contribution in [0.3, 0.4) is 0 Å². The number of methoxy groups -OCH3 is 1. The molecule has 0 radical (unpaired) electrons. The van der Waals surface area contributed by atoms with Gasteiger partial charge >= 0.3 is 5.97 Å². The summed E-state index contributed by atoms with van der Waals surface area (Å²) in [5.41, 5.74) is 5.76. The van der Waals surface area contributed by atoms with Crippen molar-refractivity contribution in [3.8, 4) is 0 Å². The van der Waals surface area contributed by atoms with Gasteiger partial charge in [-0.25, -0.2) is 0 Å². The zero-order valence-corrected chi connectivity index (χ0v) is 9.95. The lowest BCUT2D eigenvalue weighted by Crippen LogP contribution is -2.52. The highest BCUT2D eigenvalue weighted by molar-refractivity contribution is 7.99. The first-order valence-electron chi connectivity index (χ1n) is 4.85. The van der Waals surface area contributed by atoms with Crippen molar-refractivity contribution >= 4 is 17.7 Å². The van der Waals surface area contributed by atoms with Gasteiger partial charge in [0.25, 0.3) is 0 Å². The first-order valence-corrected chi connectivity index (χ1v) is 6.00. The second-order valence-corrected chi connectivity index (χ2v) is 5.66. The van der Waals surface area contributed by atoms with Gasteiger partial charge in [0.2, 0.25) is 0 Å². The Hall–Kier alpha value is -0.220. The van der Waals surface area contributed by atoms with Gasteiger partial charge in [-0.2, -0.15) is 11.8 Å². The van der Waals surface area contributed by atoms with E-state index in [9.17, 15) is 4.79 Å². The van der Waals surface area contributed by atoms with Crippen molar-refractivity contribution in [3.05, 3.63) is 0 Å². The van der Waals surface area contributed by atoms with Crippen molar-refractivity contribution in [2.24, 2.45) is 11.1 Å². The minimum Gasteiger partial charge on any atom is -0.469 e. The number of thioether (sulfide) groups is 1. The molecule has 0 saturated carbocycles. The zero-order chi connectivity index (χ0) is 10.8. The summed E-state index contributed by atoms with van der Waals surface area (Å²) < 4.78 is 4.73. The molecule has 0 bridgehead atoms. The number of rotatable bonds is 3. The third-order valence-electron chi connectivity index (χ3n) is 3.18. The van der Waals surface area contributed by atoms with Crippen LogP contribution in [0.15, 0.2) is 0 Å². The van der Waals surface area contributed by atoms with Gasteiger partial charge in [0, 0.05) is 16.7 Å². The van der Waals surface area contributed by atoms with Gasteiger partial charge in [-0.15, -0.1) is 0 Å². The summed E-state index contributed by atoms with van der Waals surface area (Å²) in [4.78, 5) is 11.3. The van der Waals surface area contributed by atoms with E-state index in [0.717, 1.165) is 17.9 Å². The molecule has 1 heterocycles. The molecule has 14 heavy (non-hydrogen) atoms. The van der Waals surface area contributed by atoms with Gasteiger partial charge in [0.1, 0.15) is 0 Å². The normalized spacial score (nSPS) is 27.7. The van der Waals surface area contributed by atoms with Crippen LogP contribution in [0.2, 0.25) is 0 Å². The summed E-state index contributed by atoms with van der Waals surface area (Å²) in [6.45, 7) is 4.00. The maximum Gasteiger partial charge on any atom is 0.306 e. The van der Waals surface area contributed by atoms with Crippen LogP contribution >= 0.6 is 11.8 Å². The van der Waals surface area contributed by atoms with Gasteiger partial charge in [0.05, 0.1) is 13.5 Å². The Labute approximate surface area is 89.8 Å². The molecule has 0 aromatic heterocycles. The average molecular weight is 217 g/mol. The Bertz CT molecular complexity index is 217. The highest BCUT2D eigenvalue weighted by Gasteiger charge is 2.46. The van der Waals surface area contributed by atoms with Gasteiger partial charge in [-0.1, -0.05) is 0 Å². The molecule has 82 valence electrons. The predicted molar refractivity (Wildman–Crippen MR) is 59.3 cm³/mol. The first-order chi connectivity index (χ1) is 6.41. The summed E-state index contributed by atoms with van der Waals surface area (Å²) in [5, 5.41) is 0. The lowest BCUT2D eigenvalue weighted by molar-refractivity contribution is -0.144. The fourth-order valence-electron chi connectivity index (χ4n) is 1.83. The van der Waals surface area contributed by atoms with E-state index in [1.807, 2.05) is 25.6 Å². The Morgan fingerprint density at radius 1 is 1.64 bits per heavy atom. The number of carbonyl (C=O) groups excluding carboxylic acids is 1. The van der Waals surface area contributed by atoms with Crippen LogP contribution in [-0.2, 0) is 9.53 Å². The SMILES string of the molecule is COC(=O)CC1(C(C)(C)N)CCSC1.